The maximum atomic E-state index is 12.2. The number of nitrogens with zero attached hydrogens (tertiary/aromatic N) is 1. The predicted molar refractivity (Wildman–Crippen MR) is 114 cm³/mol. The second kappa shape index (κ2) is 10.2. The lowest BCUT2D eigenvalue weighted by Crippen LogP contribution is -2.36. The van der Waals surface area contributed by atoms with Crippen molar-refractivity contribution in [2.45, 2.75) is 4.90 Å². The Labute approximate surface area is 177 Å². The fourth-order valence-electron chi connectivity index (χ4n) is 2.29. The Kier molecular flexibility index (Phi) is 8.26. The third-order valence-electron chi connectivity index (χ3n) is 3.49. The molecule has 0 radical (unpaired) electrons. The molecule has 0 atom stereocenters. The molecule has 0 aliphatic rings. The minimum atomic E-state index is -0.324. The average Bonchev–Trinajstić information content (AvgIpc) is 2.59. The van der Waals surface area contributed by atoms with Gasteiger partial charge in [-0.05, 0) is 37.6 Å². The number of hydrogen-bond donors (Lipinski definition) is 2. The first-order chi connectivity index (χ1) is 12.8. The highest BCUT2D eigenvalue weighted by Gasteiger charge is 2.14. The largest absolute Gasteiger partial charge is 0.324 e. The van der Waals surface area contributed by atoms with Crippen LogP contribution in [0.2, 0.25) is 15.1 Å². The summed E-state index contributed by atoms with van der Waals surface area (Å²) in [5.41, 5.74) is 1.11. The number of benzene rings is 2. The molecule has 0 unspecified atom stereocenters. The number of nitrogens with one attached hydrogen (secondary N) is 2. The lowest BCUT2D eigenvalue weighted by molar-refractivity contribution is -0.119. The van der Waals surface area contributed by atoms with Crippen LogP contribution < -0.4 is 10.6 Å². The molecule has 2 amide bonds. The Balaban J connectivity index is 1.89. The molecule has 5 nitrogen and oxygen atoms in total. The Morgan fingerprint density at radius 1 is 0.926 bits per heavy atom. The Morgan fingerprint density at radius 3 is 2.11 bits per heavy atom. The smallest absolute Gasteiger partial charge is 0.238 e. The summed E-state index contributed by atoms with van der Waals surface area (Å²) in [6.07, 6.45) is 1.94. The topological polar surface area (TPSA) is 61.4 Å². The fourth-order valence-corrected chi connectivity index (χ4v) is 3.44. The number of carbonyl (C=O) groups excluding carboxylic acids is 2. The number of thioether (sulfide) groups is 1. The summed E-state index contributed by atoms with van der Waals surface area (Å²) in [4.78, 5) is 27.0. The van der Waals surface area contributed by atoms with Gasteiger partial charge in [0.1, 0.15) is 0 Å². The van der Waals surface area contributed by atoms with Crippen molar-refractivity contribution in [2.24, 2.45) is 0 Å². The summed E-state index contributed by atoms with van der Waals surface area (Å²) in [5, 5.41) is 6.39. The summed E-state index contributed by atoms with van der Waals surface area (Å²) in [7, 11) is 1.68. The number of likely N-dealkylation sites (N-methyl/N-ethyl adjacent to an activating group) is 1. The molecule has 0 aliphatic carbocycles. The number of anilines is 2. The van der Waals surface area contributed by atoms with Crippen LogP contribution in [0, 0.1) is 0 Å². The van der Waals surface area contributed by atoms with Crippen LogP contribution in [0.25, 0.3) is 0 Å². The van der Waals surface area contributed by atoms with Crippen molar-refractivity contribution in [1.82, 2.24) is 4.90 Å². The first-order valence-electron chi connectivity index (χ1n) is 7.86. The fraction of sp³-hybridized carbons (Fsp3) is 0.222. The third-order valence-corrected chi connectivity index (χ3v) is 5.32. The van der Waals surface area contributed by atoms with Gasteiger partial charge in [0.05, 0.1) is 39.5 Å². The highest BCUT2D eigenvalue weighted by molar-refractivity contribution is 7.98. The van der Waals surface area contributed by atoms with Gasteiger partial charge < -0.3 is 10.6 Å². The molecule has 0 aromatic heterocycles. The van der Waals surface area contributed by atoms with Crippen LogP contribution in [-0.2, 0) is 9.59 Å². The van der Waals surface area contributed by atoms with E-state index in [1.54, 1.807) is 23.7 Å². The first kappa shape index (κ1) is 21.9. The molecule has 0 spiro atoms. The van der Waals surface area contributed by atoms with E-state index >= 15 is 0 Å². The minimum Gasteiger partial charge on any atom is -0.324 e. The molecule has 144 valence electrons. The normalized spacial score (nSPS) is 10.7. The van der Waals surface area contributed by atoms with Crippen molar-refractivity contribution in [1.29, 1.82) is 0 Å². The SMILES string of the molecule is CSc1ccccc1NC(=O)CN(C)CC(=O)Nc1cc(Cl)c(Cl)cc1Cl. The second-order valence-electron chi connectivity index (χ2n) is 5.72. The third kappa shape index (κ3) is 6.59. The van der Waals surface area contributed by atoms with Crippen LogP contribution in [0.15, 0.2) is 41.3 Å². The number of carbonyl (C=O) groups is 2. The van der Waals surface area contributed by atoms with Crippen molar-refractivity contribution in [3.05, 3.63) is 51.5 Å². The van der Waals surface area contributed by atoms with E-state index in [0.717, 1.165) is 10.6 Å². The standard InChI is InChI=1S/C18H18Cl3N3O2S/c1-24(9-17(25)22-14-5-3-4-6-16(14)27-2)10-18(26)23-15-8-12(20)11(19)7-13(15)21/h3-8H,9-10H2,1-2H3,(H,22,25)(H,23,26). The van der Waals surface area contributed by atoms with Gasteiger partial charge >= 0.3 is 0 Å². The van der Waals surface area contributed by atoms with Gasteiger partial charge in [0, 0.05) is 4.90 Å². The zero-order valence-corrected chi connectivity index (χ0v) is 17.8. The number of para-hydroxylation sites is 1. The lowest BCUT2D eigenvalue weighted by Gasteiger charge is -2.17. The first-order valence-corrected chi connectivity index (χ1v) is 10.2. The molecule has 0 aliphatic heterocycles. The molecule has 0 bridgehead atoms. The molecule has 0 heterocycles. The van der Waals surface area contributed by atoms with Gasteiger partial charge in [-0.3, -0.25) is 14.5 Å². The van der Waals surface area contributed by atoms with E-state index in [1.165, 1.54) is 12.1 Å². The monoisotopic (exact) mass is 445 g/mol. The van der Waals surface area contributed by atoms with Gasteiger partial charge in [0.25, 0.3) is 0 Å². The molecule has 0 saturated carbocycles. The van der Waals surface area contributed by atoms with Crippen LogP contribution in [0.4, 0.5) is 11.4 Å². The van der Waals surface area contributed by atoms with Gasteiger partial charge in [0.15, 0.2) is 0 Å². The molecular formula is C18H18Cl3N3O2S. The number of rotatable bonds is 7. The predicted octanol–water partition coefficient (Wildman–Crippen LogP) is 4.88. The van der Waals surface area contributed by atoms with Crippen molar-refractivity contribution >= 4 is 69.8 Å². The Morgan fingerprint density at radius 2 is 1.48 bits per heavy atom. The van der Waals surface area contributed by atoms with E-state index in [9.17, 15) is 9.59 Å². The molecule has 2 N–H and O–H groups in total. The van der Waals surface area contributed by atoms with Crippen molar-refractivity contribution in [3.63, 3.8) is 0 Å². The lowest BCUT2D eigenvalue weighted by atomic mass is 10.3. The van der Waals surface area contributed by atoms with Crippen LogP contribution in [0.1, 0.15) is 0 Å². The molecule has 2 aromatic carbocycles. The second-order valence-corrected chi connectivity index (χ2v) is 7.78. The number of halogens is 3. The highest BCUT2D eigenvalue weighted by Crippen LogP contribution is 2.32. The van der Waals surface area contributed by atoms with E-state index in [4.69, 9.17) is 34.8 Å². The van der Waals surface area contributed by atoms with Gasteiger partial charge in [0.2, 0.25) is 11.8 Å². The molecule has 0 fully saturated rings. The number of amides is 2. The van der Waals surface area contributed by atoms with Gasteiger partial charge in [-0.2, -0.15) is 0 Å². The summed E-state index contributed by atoms with van der Waals surface area (Å²) in [6.45, 7) is 0.0689. The summed E-state index contributed by atoms with van der Waals surface area (Å²) >= 11 is 19.4. The zero-order chi connectivity index (χ0) is 20.0. The summed E-state index contributed by atoms with van der Waals surface area (Å²) < 4.78 is 0. The van der Waals surface area contributed by atoms with Crippen molar-refractivity contribution < 1.29 is 9.59 Å². The number of hydrogen-bond acceptors (Lipinski definition) is 4. The molecule has 2 aromatic rings. The van der Waals surface area contributed by atoms with Gasteiger partial charge in [-0.1, -0.05) is 46.9 Å². The average molecular weight is 447 g/mol. The minimum absolute atomic E-state index is 0.00810. The van der Waals surface area contributed by atoms with Crippen LogP contribution in [0.5, 0.6) is 0 Å². The van der Waals surface area contributed by atoms with E-state index in [0.29, 0.717) is 10.7 Å². The van der Waals surface area contributed by atoms with Crippen molar-refractivity contribution in [2.75, 3.05) is 37.0 Å². The van der Waals surface area contributed by atoms with Gasteiger partial charge in [-0.25, -0.2) is 0 Å². The van der Waals surface area contributed by atoms with Gasteiger partial charge in [-0.15, -0.1) is 11.8 Å². The Bertz CT molecular complexity index is 849. The molecule has 9 heteroatoms. The van der Waals surface area contributed by atoms with E-state index in [1.807, 2.05) is 30.5 Å². The van der Waals surface area contributed by atoms with E-state index in [-0.39, 0.29) is 34.9 Å². The maximum Gasteiger partial charge on any atom is 0.238 e. The summed E-state index contributed by atoms with van der Waals surface area (Å²) in [5.74, 6) is -0.533. The quantitative estimate of drug-likeness (QED) is 0.470. The van der Waals surface area contributed by atoms with E-state index < -0.39 is 0 Å². The Hall–Kier alpha value is -1.44. The molecular weight excluding hydrogens is 429 g/mol. The van der Waals surface area contributed by atoms with Crippen LogP contribution in [0.3, 0.4) is 0 Å². The molecule has 0 saturated heterocycles. The highest BCUT2D eigenvalue weighted by atomic mass is 35.5. The van der Waals surface area contributed by atoms with E-state index in [2.05, 4.69) is 10.6 Å². The molecule has 27 heavy (non-hydrogen) atoms. The zero-order valence-electron chi connectivity index (χ0n) is 14.7. The van der Waals surface area contributed by atoms with Crippen LogP contribution >= 0.6 is 46.6 Å². The maximum absolute atomic E-state index is 12.2. The van der Waals surface area contributed by atoms with Crippen molar-refractivity contribution in [3.8, 4) is 0 Å². The summed E-state index contributed by atoms with van der Waals surface area (Å²) in [6, 6.07) is 10.5. The molecule has 2 rings (SSSR count). The van der Waals surface area contributed by atoms with Crippen LogP contribution in [-0.4, -0.2) is 43.1 Å².